The highest BCUT2D eigenvalue weighted by molar-refractivity contribution is 6.05. The maximum Gasteiger partial charge on any atom is 0.231 e. The zero-order chi connectivity index (χ0) is 18.1. The lowest BCUT2D eigenvalue weighted by molar-refractivity contribution is 0.103. The van der Waals surface area contributed by atoms with E-state index in [-0.39, 0.29) is 19.8 Å². The van der Waals surface area contributed by atoms with E-state index in [2.05, 4.69) is 23.1 Å². The van der Waals surface area contributed by atoms with E-state index in [0.29, 0.717) is 0 Å². The molecule has 1 atom stereocenters. The van der Waals surface area contributed by atoms with Crippen LogP contribution in [0.25, 0.3) is 21.9 Å². The molecular weight excluding hydrogens is 346 g/mol. The predicted molar refractivity (Wildman–Crippen MR) is 99.8 cm³/mol. The maximum absolute atomic E-state index is 5.86. The Hall–Kier alpha value is -3.12. The van der Waals surface area contributed by atoms with E-state index in [9.17, 15) is 0 Å². The van der Waals surface area contributed by atoms with Gasteiger partial charge in [0.2, 0.25) is 13.6 Å². The van der Waals surface area contributed by atoms with Gasteiger partial charge in [-0.2, -0.15) is 0 Å². The van der Waals surface area contributed by atoms with Gasteiger partial charge in [0.15, 0.2) is 29.2 Å². The second-order valence-corrected chi connectivity index (χ2v) is 6.88. The normalized spacial score (nSPS) is 18.6. The molecule has 0 N–H and O–H groups in total. The van der Waals surface area contributed by atoms with Crippen molar-refractivity contribution >= 4 is 16.5 Å². The SMILES string of the molecule is COC1c2cc3c(cc2-c2ccc4cc5c(cc4c2N1C)OCO5)OCO3. The molecule has 0 aliphatic carbocycles. The first kappa shape index (κ1) is 15.0. The second kappa shape index (κ2) is 5.20. The number of benzene rings is 3. The average Bonchev–Trinajstić information content (AvgIpc) is 3.33. The fourth-order valence-corrected chi connectivity index (χ4v) is 4.30. The first-order valence-corrected chi connectivity index (χ1v) is 8.80. The van der Waals surface area contributed by atoms with E-state index in [1.165, 1.54) is 0 Å². The van der Waals surface area contributed by atoms with Crippen LogP contribution in [-0.4, -0.2) is 27.7 Å². The van der Waals surface area contributed by atoms with Gasteiger partial charge in [-0.3, -0.25) is 0 Å². The van der Waals surface area contributed by atoms with E-state index in [1.807, 2.05) is 25.2 Å². The number of hydrogen-bond donors (Lipinski definition) is 0. The summed E-state index contributed by atoms with van der Waals surface area (Å²) in [6.07, 6.45) is -0.224. The molecule has 6 heteroatoms. The average molecular weight is 363 g/mol. The van der Waals surface area contributed by atoms with Crippen LogP contribution in [-0.2, 0) is 4.74 Å². The van der Waals surface area contributed by atoms with Crippen LogP contribution in [0.2, 0.25) is 0 Å². The van der Waals surface area contributed by atoms with Crippen LogP contribution in [0.1, 0.15) is 11.8 Å². The van der Waals surface area contributed by atoms with E-state index < -0.39 is 0 Å². The summed E-state index contributed by atoms with van der Waals surface area (Å²) in [5.74, 6) is 3.09. The molecule has 27 heavy (non-hydrogen) atoms. The molecule has 3 aliphatic heterocycles. The Morgan fingerprint density at radius 1 is 0.852 bits per heavy atom. The number of hydrogen-bond acceptors (Lipinski definition) is 6. The zero-order valence-electron chi connectivity index (χ0n) is 14.9. The van der Waals surface area contributed by atoms with Crippen LogP contribution < -0.4 is 23.8 Å². The first-order valence-electron chi connectivity index (χ1n) is 8.80. The third-order valence-electron chi connectivity index (χ3n) is 5.51. The Morgan fingerprint density at radius 2 is 1.52 bits per heavy atom. The highest BCUT2D eigenvalue weighted by Crippen LogP contribution is 2.52. The monoisotopic (exact) mass is 363 g/mol. The van der Waals surface area contributed by atoms with Gasteiger partial charge >= 0.3 is 0 Å². The van der Waals surface area contributed by atoms with Crippen LogP contribution in [0.3, 0.4) is 0 Å². The maximum atomic E-state index is 5.86. The molecule has 3 aromatic carbocycles. The van der Waals surface area contributed by atoms with Crippen LogP contribution in [0.4, 0.5) is 5.69 Å². The van der Waals surface area contributed by atoms with Gasteiger partial charge in [0.1, 0.15) is 0 Å². The van der Waals surface area contributed by atoms with E-state index in [4.69, 9.17) is 23.7 Å². The fourth-order valence-electron chi connectivity index (χ4n) is 4.30. The summed E-state index contributed by atoms with van der Waals surface area (Å²) in [4.78, 5) is 2.16. The van der Waals surface area contributed by atoms with Crippen molar-refractivity contribution in [3.8, 4) is 34.1 Å². The lowest BCUT2D eigenvalue weighted by Crippen LogP contribution is -2.29. The molecule has 0 bridgehead atoms. The van der Waals surface area contributed by atoms with Crippen molar-refractivity contribution in [1.29, 1.82) is 0 Å². The van der Waals surface area contributed by atoms with Crippen LogP contribution in [0, 0.1) is 0 Å². The standard InChI is InChI=1S/C21H17NO5/c1-22-20-12(4-3-11-5-16-17(6-13(11)20)25-9-24-16)14-7-18-19(27-10-26-18)8-15(14)21(22)23-2/h3-8,21H,9-10H2,1-2H3. The van der Waals surface area contributed by atoms with Crippen molar-refractivity contribution in [1.82, 2.24) is 0 Å². The molecule has 0 amide bonds. The molecule has 0 radical (unpaired) electrons. The number of fused-ring (bicyclic) bond motifs is 7. The summed E-state index contributed by atoms with van der Waals surface area (Å²) < 4.78 is 28.2. The molecule has 6 nitrogen and oxygen atoms in total. The van der Waals surface area contributed by atoms with Crippen LogP contribution >= 0.6 is 0 Å². The van der Waals surface area contributed by atoms with Gasteiger partial charge in [0, 0.05) is 30.7 Å². The largest absolute Gasteiger partial charge is 0.454 e. The number of nitrogens with zero attached hydrogens (tertiary/aromatic N) is 1. The van der Waals surface area contributed by atoms with Crippen molar-refractivity contribution in [2.24, 2.45) is 0 Å². The molecular formula is C21H17NO5. The van der Waals surface area contributed by atoms with Gasteiger partial charge in [-0.1, -0.05) is 12.1 Å². The third kappa shape index (κ3) is 1.93. The number of ether oxygens (including phenoxy) is 5. The van der Waals surface area contributed by atoms with Crippen molar-refractivity contribution in [2.75, 3.05) is 32.6 Å². The Morgan fingerprint density at radius 3 is 2.26 bits per heavy atom. The third-order valence-corrected chi connectivity index (χ3v) is 5.51. The molecule has 0 saturated heterocycles. The summed E-state index contributed by atoms with van der Waals surface area (Å²) in [5, 5.41) is 2.20. The molecule has 1 unspecified atom stereocenters. The van der Waals surface area contributed by atoms with Crippen molar-refractivity contribution in [3.63, 3.8) is 0 Å². The first-order chi connectivity index (χ1) is 13.2. The molecule has 0 saturated carbocycles. The second-order valence-electron chi connectivity index (χ2n) is 6.88. The van der Waals surface area contributed by atoms with E-state index >= 15 is 0 Å². The highest BCUT2D eigenvalue weighted by atomic mass is 16.7. The van der Waals surface area contributed by atoms with Gasteiger partial charge in [-0.05, 0) is 35.2 Å². The minimum Gasteiger partial charge on any atom is -0.454 e. The van der Waals surface area contributed by atoms with E-state index in [0.717, 1.165) is 56.1 Å². The summed E-state index contributed by atoms with van der Waals surface area (Å²) in [6.45, 7) is 0.510. The number of rotatable bonds is 1. The number of anilines is 1. The molecule has 136 valence electrons. The van der Waals surface area contributed by atoms with Gasteiger partial charge in [-0.15, -0.1) is 0 Å². The van der Waals surface area contributed by atoms with Crippen molar-refractivity contribution < 1.29 is 23.7 Å². The number of methoxy groups -OCH3 is 1. The van der Waals surface area contributed by atoms with Crippen LogP contribution in [0.5, 0.6) is 23.0 Å². The predicted octanol–water partition coefficient (Wildman–Crippen LogP) is 4.06. The molecule has 6 rings (SSSR count). The molecule has 3 aliphatic rings. The Bertz CT molecular complexity index is 1110. The quantitative estimate of drug-likeness (QED) is 0.650. The zero-order valence-corrected chi connectivity index (χ0v) is 14.9. The summed E-state index contributed by atoms with van der Waals surface area (Å²) >= 11 is 0. The minimum atomic E-state index is -0.224. The fraction of sp³-hybridized carbons (Fsp3) is 0.238. The Balaban J connectivity index is 1.67. The van der Waals surface area contributed by atoms with Gasteiger partial charge in [0.05, 0.1) is 5.69 Å². The highest BCUT2D eigenvalue weighted by Gasteiger charge is 2.33. The van der Waals surface area contributed by atoms with Gasteiger partial charge in [0.25, 0.3) is 0 Å². The summed E-state index contributed by atoms with van der Waals surface area (Å²) in [6, 6.07) is 12.4. The molecule has 0 aromatic heterocycles. The molecule has 3 heterocycles. The van der Waals surface area contributed by atoms with Gasteiger partial charge in [-0.25, -0.2) is 0 Å². The van der Waals surface area contributed by atoms with Gasteiger partial charge < -0.3 is 28.6 Å². The topological polar surface area (TPSA) is 49.4 Å². The summed E-state index contributed by atoms with van der Waals surface area (Å²) in [7, 11) is 3.77. The molecule has 3 aromatic rings. The Kier molecular flexibility index (Phi) is 2.89. The van der Waals surface area contributed by atoms with Crippen LogP contribution in [0.15, 0.2) is 36.4 Å². The lowest BCUT2D eigenvalue weighted by atomic mass is 9.89. The molecule has 0 spiro atoms. The Labute approximate surface area is 155 Å². The van der Waals surface area contributed by atoms with E-state index in [1.54, 1.807) is 7.11 Å². The van der Waals surface area contributed by atoms with Crippen molar-refractivity contribution in [3.05, 3.63) is 42.0 Å². The van der Waals surface area contributed by atoms with Crippen molar-refractivity contribution in [2.45, 2.75) is 6.23 Å². The minimum absolute atomic E-state index is 0.224. The lowest BCUT2D eigenvalue weighted by Gasteiger charge is -2.37. The smallest absolute Gasteiger partial charge is 0.231 e. The molecule has 0 fully saturated rings. The summed E-state index contributed by atoms with van der Waals surface area (Å²) in [5.41, 5.74) is 4.39.